The van der Waals surface area contributed by atoms with Gasteiger partial charge in [0, 0.05) is 24.2 Å². The lowest BCUT2D eigenvalue weighted by Gasteiger charge is -2.08. The van der Waals surface area contributed by atoms with Crippen LogP contribution in [0.15, 0.2) is 36.5 Å². The van der Waals surface area contributed by atoms with Crippen molar-refractivity contribution in [3.63, 3.8) is 0 Å². The van der Waals surface area contributed by atoms with Crippen molar-refractivity contribution in [1.82, 2.24) is 4.98 Å². The Bertz CT molecular complexity index is 521. The molecule has 1 atom stereocenters. The molecule has 0 amide bonds. The SMILES string of the molecule is C[C@@H](N)c1ccc(Oc2cc(F)cc(F)c2)cn1. The first-order valence-corrected chi connectivity index (χ1v) is 5.40. The summed E-state index contributed by atoms with van der Waals surface area (Å²) in [6.45, 7) is 1.81. The van der Waals surface area contributed by atoms with Crippen LogP contribution in [-0.4, -0.2) is 4.98 Å². The molecule has 0 spiro atoms. The number of hydrogen-bond donors (Lipinski definition) is 1. The summed E-state index contributed by atoms with van der Waals surface area (Å²) in [4.78, 5) is 4.08. The maximum Gasteiger partial charge on any atom is 0.145 e. The van der Waals surface area contributed by atoms with Crippen LogP contribution >= 0.6 is 0 Å². The molecule has 5 heteroatoms. The lowest BCUT2D eigenvalue weighted by atomic mass is 10.2. The molecule has 2 rings (SSSR count). The minimum atomic E-state index is -0.690. The number of hydrogen-bond acceptors (Lipinski definition) is 3. The Morgan fingerprint density at radius 3 is 2.28 bits per heavy atom. The summed E-state index contributed by atoms with van der Waals surface area (Å²) < 4.78 is 31.2. The Kier molecular flexibility index (Phi) is 3.53. The van der Waals surface area contributed by atoms with E-state index in [1.165, 1.54) is 6.20 Å². The summed E-state index contributed by atoms with van der Waals surface area (Å²) in [5.74, 6) is -0.900. The molecule has 2 aromatic rings. The number of ether oxygens (including phenoxy) is 1. The lowest BCUT2D eigenvalue weighted by Crippen LogP contribution is -2.06. The Morgan fingerprint density at radius 1 is 1.11 bits per heavy atom. The van der Waals surface area contributed by atoms with Gasteiger partial charge in [-0.3, -0.25) is 4.98 Å². The summed E-state index contributed by atoms with van der Waals surface area (Å²) >= 11 is 0. The number of nitrogens with zero attached hydrogens (tertiary/aromatic N) is 1. The third-order valence-corrected chi connectivity index (χ3v) is 2.30. The molecule has 94 valence electrons. The van der Waals surface area contributed by atoms with Crippen LogP contribution in [0, 0.1) is 11.6 Å². The molecule has 2 N–H and O–H groups in total. The molecule has 0 unspecified atom stereocenters. The monoisotopic (exact) mass is 250 g/mol. The number of aromatic nitrogens is 1. The standard InChI is InChI=1S/C13H12F2N2O/c1-8(16)13-3-2-11(7-17-13)18-12-5-9(14)4-10(15)6-12/h2-8H,16H2,1H3/t8-/m1/s1. The summed E-state index contributed by atoms with van der Waals surface area (Å²) in [6, 6.07) is 6.16. The van der Waals surface area contributed by atoms with Crippen molar-refractivity contribution in [3.05, 3.63) is 53.9 Å². The van der Waals surface area contributed by atoms with Crippen LogP contribution in [0.5, 0.6) is 11.5 Å². The fourth-order valence-electron chi connectivity index (χ4n) is 1.44. The Hall–Kier alpha value is -2.01. The smallest absolute Gasteiger partial charge is 0.145 e. The van der Waals surface area contributed by atoms with Gasteiger partial charge in [-0.05, 0) is 19.1 Å². The van der Waals surface area contributed by atoms with E-state index in [-0.39, 0.29) is 11.8 Å². The molecule has 0 radical (unpaired) electrons. The van der Waals surface area contributed by atoms with Crippen molar-refractivity contribution < 1.29 is 13.5 Å². The Balaban J connectivity index is 2.18. The summed E-state index contributed by atoms with van der Waals surface area (Å²) in [5.41, 5.74) is 6.37. The normalized spacial score (nSPS) is 12.2. The molecule has 0 aliphatic carbocycles. The molecular formula is C13H12F2N2O. The number of nitrogens with two attached hydrogens (primary N) is 1. The van der Waals surface area contributed by atoms with E-state index in [0.717, 1.165) is 18.2 Å². The topological polar surface area (TPSA) is 48.1 Å². The summed E-state index contributed by atoms with van der Waals surface area (Å²) in [7, 11) is 0. The maximum absolute atomic E-state index is 12.9. The zero-order valence-corrected chi connectivity index (χ0v) is 9.73. The Labute approximate surface area is 103 Å². The van der Waals surface area contributed by atoms with Crippen molar-refractivity contribution in [2.75, 3.05) is 0 Å². The van der Waals surface area contributed by atoms with Crippen molar-refractivity contribution in [2.45, 2.75) is 13.0 Å². The van der Waals surface area contributed by atoms with Crippen LogP contribution in [0.1, 0.15) is 18.7 Å². The second-order valence-electron chi connectivity index (χ2n) is 3.91. The second-order valence-corrected chi connectivity index (χ2v) is 3.91. The summed E-state index contributed by atoms with van der Waals surface area (Å²) in [6.07, 6.45) is 1.46. The van der Waals surface area contributed by atoms with Crippen molar-refractivity contribution in [3.8, 4) is 11.5 Å². The van der Waals surface area contributed by atoms with Gasteiger partial charge in [0.2, 0.25) is 0 Å². The van der Waals surface area contributed by atoms with E-state index < -0.39 is 11.6 Å². The van der Waals surface area contributed by atoms with Gasteiger partial charge in [0.1, 0.15) is 23.1 Å². The van der Waals surface area contributed by atoms with Gasteiger partial charge in [-0.1, -0.05) is 0 Å². The fourth-order valence-corrected chi connectivity index (χ4v) is 1.44. The second kappa shape index (κ2) is 5.10. The molecule has 1 aromatic carbocycles. The van der Waals surface area contributed by atoms with Gasteiger partial charge in [-0.25, -0.2) is 8.78 Å². The molecule has 0 fully saturated rings. The zero-order valence-electron chi connectivity index (χ0n) is 9.73. The molecular weight excluding hydrogens is 238 g/mol. The van der Waals surface area contributed by atoms with Crippen molar-refractivity contribution in [1.29, 1.82) is 0 Å². The number of halogens is 2. The van der Waals surface area contributed by atoms with Crippen LogP contribution in [-0.2, 0) is 0 Å². The van der Waals surface area contributed by atoms with Gasteiger partial charge < -0.3 is 10.5 Å². The van der Waals surface area contributed by atoms with Gasteiger partial charge in [-0.15, -0.1) is 0 Å². The zero-order chi connectivity index (χ0) is 13.1. The van der Waals surface area contributed by atoms with Gasteiger partial charge in [-0.2, -0.15) is 0 Å². The Morgan fingerprint density at radius 2 is 1.78 bits per heavy atom. The van der Waals surface area contributed by atoms with Gasteiger partial charge in [0.05, 0.1) is 11.9 Å². The molecule has 0 aliphatic heterocycles. The third kappa shape index (κ3) is 3.01. The molecule has 18 heavy (non-hydrogen) atoms. The lowest BCUT2D eigenvalue weighted by molar-refractivity contribution is 0.465. The minimum Gasteiger partial charge on any atom is -0.456 e. The number of pyridine rings is 1. The van der Waals surface area contributed by atoms with E-state index in [4.69, 9.17) is 10.5 Å². The first-order valence-electron chi connectivity index (χ1n) is 5.40. The highest BCUT2D eigenvalue weighted by molar-refractivity contribution is 5.31. The summed E-state index contributed by atoms with van der Waals surface area (Å²) in [5, 5.41) is 0. The van der Waals surface area contributed by atoms with Crippen LogP contribution in [0.4, 0.5) is 8.78 Å². The predicted molar refractivity (Wildman–Crippen MR) is 63.3 cm³/mol. The highest BCUT2D eigenvalue weighted by Gasteiger charge is 2.05. The van der Waals surface area contributed by atoms with Gasteiger partial charge in [0.15, 0.2) is 0 Å². The van der Waals surface area contributed by atoms with Crippen LogP contribution in [0.3, 0.4) is 0 Å². The average Bonchev–Trinajstić information content (AvgIpc) is 2.28. The first-order chi connectivity index (χ1) is 8.54. The van der Waals surface area contributed by atoms with Crippen molar-refractivity contribution in [2.24, 2.45) is 5.73 Å². The molecule has 1 heterocycles. The van der Waals surface area contributed by atoms with Gasteiger partial charge >= 0.3 is 0 Å². The molecule has 0 bridgehead atoms. The van der Waals surface area contributed by atoms with Crippen molar-refractivity contribution >= 4 is 0 Å². The van der Waals surface area contributed by atoms with E-state index in [1.807, 2.05) is 6.92 Å². The average molecular weight is 250 g/mol. The fraction of sp³-hybridized carbons (Fsp3) is 0.154. The molecule has 0 saturated carbocycles. The number of benzene rings is 1. The largest absolute Gasteiger partial charge is 0.456 e. The predicted octanol–water partition coefficient (Wildman–Crippen LogP) is 3.17. The molecule has 0 aliphatic rings. The van der Waals surface area contributed by atoms with E-state index in [2.05, 4.69) is 4.98 Å². The molecule has 3 nitrogen and oxygen atoms in total. The van der Waals surface area contributed by atoms with E-state index in [0.29, 0.717) is 11.4 Å². The van der Waals surface area contributed by atoms with E-state index in [1.54, 1.807) is 12.1 Å². The van der Waals surface area contributed by atoms with E-state index >= 15 is 0 Å². The third-order valence-electron chi connectivity index (χ3n) is 2.30. The molecule has 0 saturated heterocycles. The van der Waals surface area contributed by atoms with Gasteiger partial charge in [0.25, 0.3) is 0 Å². The molecule has 1 aromatic heterocycles. The van der Waals surface area contributed by atoms with Crippen LogP contribution in [0.25, 0.3) is 0 Å². The van der Waals surface area contributed by atoms with E-state index in [9.17, 15) is 8.78 Å². The maximum atomic E-state index is 12.9. The van der Waals surface area contributed by atoms with Crippen LogP contribution < -0.4 is 10.5 Å². The minimum absolute atomic E-state index is 0.0860. The quantitative estimate of drug-likeness (QED) is 0.910. The first kappa shape index (κ1) is 12.4. The highest BCUT2D eigenvalue weighted by Crippen LogP contribution is 2.23. The van der Waals surface area contributed by atoms with Crippen LogP contribution in [0.2, 0.25) is 0 Å². The highest BCUT2D eigenvalue weighted by atomic mass is 19.1. The number of rotatable bonds is 3.